The molecule has 0 saturated carbocycles. The Kier molecular flexibility index (Phi) is 3.72. The topological polar surface area (TPSA) is 80.7 Å². The Balaban J connectivity index is 3.41. The standard InChI is InChI=1S/C10H11FO5S/c1-16-8-4-6(5-9(12)13)3-7(11)10(8)17(2,14)15/h3-4H,5H2,1-2H3,(H,12,13). The van der Waals surface area contributed by atoms with E-state index in [9.17, 15) is 17.6 Å². The number of hydrogen-bond donors (Lipinski definition) is 1. The normalized spacial score (nSPS) is 11.2. The number of ether oxygens (including phenoxy) is 1. The Morgan fingerprint density at radius 2 is 2.06 bits per heavy atom. The van der Waals surface area contributed by atoms with Crippen LogP contribution in [0.15, 0.2) is 17.0 Å². The van der Waals surface area contributed by atoms with Gasteiger partial charge in [-0.25, -0.2) is 12.8 Å². The SMILES string of the molecule is COc1cc(CC(=O)O)cc(F)c1S(C)(=O)=O. The third-order valence-electron chi connectivity index (χ3n) is 2.02. The van der Waals surface area contributed by atoms with E-state index in [0.717, 1.165) is 12.3 Å². The molecular formula is C10H11FO5S. The van der Waals surface area contributed by atoms with Crippen molar-refractivity contribution in [2.24, 2.45) is 0 Å². The smallest absolute Gasteiger partial charge is 0.307 e. The van der Waals surface area contributed by atoms with Gasteiger partial charge in [0.2, 0.25) is 0 Å². The molecule has 0 saturated heterocycles. The van der Waals surface area contributed by atoms with Gasteiger partial charge in [-0.3, -0.25) is 4.79 Å². The van der Waals surface area contributed by atoms with E-state index < -0.39 is 32.9 Å². The lowest BCUT2D eigenvalue weighted by molar-refractivity contribution is -0.136. The number of halogens is 1. The van der Waals surface area contributed by atoms with Crippen molar-refractivity contribution in [1.82, 2.24) is 0 Å². The summed E-state index contributed by atoms with van der Waals surface area (Å²) < 4.78 is 41.0. The molecule has 0 amide bonds. The molecule has 0 heterocycles. The second-order valence-electron chi connectivity index (χ2n) is 3.45. The zero-order chi connectivity index (χ0) is 13.2. The lowest BCUT2D eigenvalue weighted by atomic mass is 10.1. The first-order valence-corrected chi connectivity index (χ1v) is 6.43. The van der Waals surface area contributed by atoms with Gasteiger partial charge in [0, 0.05) is 6.26 Å². The predicted octanol–water partition coefficient (Wildman–Crippen LogP) is 0.865. The Morgan fingerprint density at radius 3 is 2.47 bits per heavy atom. The van der Waals surface area contributed by atoms with Crippen LogP contribution >= 0.6 is 0 Å². The number of carbonyl (C=O) groups is 1. The highest BCUT2D eigenvalue weighted by atomic mass is 32.2. The minimum Gasteiger partial charge on any atom is -0.495 e. The van der Waals surface area contributed by atoms with Crippen molar-refractivity contribution in [3.8, 4) is 5.75 Å². The van der Waals surface area contributed by atoms with Crippen molar-refractivity contribution in [1.29, 1.82) is 0 Å². The highest BCUT2D eigenvalue weighted by molar-refractivity contribution is 7.90. The molecule has 17 heavy (non-hydrogen) atoms. The van der Waals surface area contributed by atoms with Gasteiger partial charge >= 0.3 is 5.97 Å². The number of carboxylic acid groups (broad SMARTS) is 1. The fourth-order valence-corrected chi connectivity index (χ4v) is 2.33. The lowest BCUT2D eigenvalue weighted by Crippen LogP contribution is -2.07. The zero-order valence-corrected chi connectivity index (χ0v) is 10.0. The number of sulfone groups is 1. The summed E-state index contributed by atoms with van der Waals surface area (Å²) in [7, 11) is -2.58. The van der Waals surface area contributed by atoms with Crippen molar-refractivity contribution in [2.75, 3.05) is 13.4 Å². The lowest BCUT2D eigenvalue weighted by Gasteiger charge is -2.09. The third kappa shape index (κ3) is 3.16. The molecule has 0 unspecified atom stereocenters. The van der Waals surface area contributed by atoms with Crippen LogP contribution in [0.2, 0.25) is 0 Å². The molecule has 5 nitrogen and oxygen atoms in total. The minimum absolute atomic E-state index is 0.138. The number of aliphatic carboxylic acids is 1. The highest BCUT2D eigenvalue weighted by Crippen LogP contribution is 2.28. The van der Waals surface area contributed by atoms with Crippen LogP contribution < -0.4 is 4.74 Å². The van der Waals surface area contributed by atoms with Crippen LogP contribution in [0.4, 0.5) is 4.39 Å². The van der Waals surface area contributed by atoms with Crippen LogP contribution in [0, 0.1) is 5.82 Å². The van der Waals surface area contributed by atoms with Crippen molar-refractivity contribution in [2.45, 2.75) is 11.3 Å². The molecule has 0 aliphatic heterocycles. The first-order valence-electron chi connectivity index (χ1n) is 4.54. The number of carboxylic acids is 1. The second-order valence-corrected chi connectivity index (χ2v) is 5.40. The molecule has 0 bridgehead atoms. The minimum atomic E-state index is -3.77. The number of rotatable bonds is 4. The van der Waals surface area contributed by atoms with Gasteiger partial charge in [0.25, 0.3) is 0 Å². The van der Waals surface area contributed by atoms with Crippen LogP contribution in [0.3, 0.4) is 0 Å². The van der Waals surface area contributed by atoms with Crippen molar-refractivity contribution >= 4 is 15.8 Å². The van der Waals surface area contributed by atoms with Crippen LogP contribution in [0.1, 0.15) is 5.56 Å². The summed E-state index contributed by atoms with van der Waals surface area (Å²) in [5, 5.41) is 8.57. The molecule has 0 spiro atoms. The fourth-order valence-electron chi connectivity index (χ4n) is 1.41. The van der Waals surface area contributed by atoms with Crippen LogP contribution in [-0.4, -0.2) is 32.9 Å². The molecule has 1 aromatic carbocycles. The number of hydrogen-bond acceptors (Lipinski definition) is 4. The third-order valence-corrected chi connectivity index (χ3v) is 3.15. The van der Waals surface area contributed by atoms with Gasteiger partial charge in [0.05, 0.1) is 13.5 Å². The molecule has 0 aliphatic rings. The fraction of sp³-hybridized carbons (Fsp3) is 0.300. The van der Waals surface area contributed by atoms with E-state index in [2.05, 4.69) is 0 Å². The summed E-state index contributed by atoms with van der Waals surface area (Å²) in [6.07, 6.45) is 0.447. The van der Waals surface area contributed by atoms with Gasteiger partial charge in [-0.05, 0) is 17.7 Å². The number of benzene rings is 1. The van der Waals surface area contributed by atoms with Gasteiger partial charge in [0.1, 0.15) is 16.5 Å². The summed E-state index contributed by atoms with van der Waals surface area (Å²) in [6.45, 7) is 0. The zero-order valence-electron chi connectivity index (χ0n) is 9.23. The van der Waals surface area contributed by atoms with Crippen molar-refractivity contribution in [3.63, 3.8) is 0 Å². The van der Waals surface area contributed by atoms with Gasteiger partial charge in [-0.2, -0.15) is 0 Å². The van der Waals surface area contributed by atoms with Gasteiger partial charge in [0.15, 0.2) is 9.84 Å². The quantitative estimate of drug-likeness (QED) is 0.870. The summed E-state index contributed by atoms with van der Waals surface area (Å²) in [5.41, 5.74) is 0.138. The van der Waals surface area contributed by atoms with E-state index in [-0.39, 0.29) is 11.3 Å². The molecule has 0 aromatic heterocycles. The van der Waals surface area contributed by atoms with Crippen molar-refractivity contribution in [3.05, 3.63) is 23.5 Å². The van der Waals surface area contributed by atoms with Gasteiger partial charge < -0.3 is 9.84 Å². The molecule has 0 aliphatic carbocycles. The predicted molar refractivity (Wildman–Crippen MR) is 57.4 cm³/mol. The second kappa shape index (κ2) is 4.70. The Labute approximate surface area is 97.8 Å². The summed E-state index contributed by atoms with van der Waals surface area (Å²) in [6, 6.07) is 2.08. The van der Waals surface area contributed by atoms with Crippen LogP contribution in [0.5, 0.6) is 5.75 Å². The molecule has 1 aromatic rings. The van der Waals surface area contributed by atoms with E-state index in [1.165, 1.54) is 13.2 Å². The molecule has 1 N–H and O–H groups in total. The highest BCUT2D eigenvalue weighted by Gasteiger charge is 2.21. The maximum Gasteiger partial charge on any atom is 0.307 e. The van der Waals surface area contributed by atoms with E-state index in [0.29, 0.717) is 0 Å². The summed E-state index contributed by atoms with van der Waals surface area (Å²) in [5.74, 6) is -2.34. The molecule has 0 fully saturated rings. The molecule has 7 heteroatoms. The maximum absolute atomic E-state index is 13.6. The van der Waals surface area contributed by atoms with Crippen LogP contribution in [0.25, 0.3) is 0 Å². The van der Waals surface area contributed by atoms with E-state index in [1.54, 1.807) is 0 Å². The average molecular weight is 262 g/mol. The summed E-state index contributed by atoms with van der Waals surface area (Å²) in [4.78, 5) is 9.92. The monoisotopic (exact) mass is 262 g/mol. The average Bonchev–Trinajstić information content (AvgIpc) is 2.13. The van der Waals surface area contributed by atoms with Gasteiger partial charge in [-0.15, -0.1) is 0 Å². The first-order chi connectivity index (χ1) is 7.75. The summed E-state index contributed by atoms with van der Waals surface area (Å²) >= 11 is 0. The van der Waals surface area contributed by atoms with E-state index in [4.69, 9.17) is 9.84 Å². The Hall–Kier alpha value is -1.63. The molecule has 0 radical (unpaired) electrons. The van der Waals surface area contributed by atoms with Crippen molar-refractivity contribution < 1.29 is 27.4 Å². The van der Waals surface area contributed by atoms with E-state index in [1.807, 2.05) is 0 Å². The molecule has 1 rings (SSSR count). The molecule has 0 atom stereocenters. The Morgan fingerprint density at radius 1 is 1.47 bits per heavy atom. The molecule has 94 valence electrons. The van der Waals surface area contributed by atoms with Crippen LogP contribution in [-0.2, 0) is 21.1 Å². The first kappa shape index (κ1) is 13.4. The van der Waals surface area contributed by atoms with E-state index >= 15 is 0 Å². The Bertz CT molecular complexity index is 550. The number of methoxy groups -OCH3 is 1. The largest absolute Gasteiger partial charge is 0.495 e. The molecular weight excluding hydrogens is 251 g/mol. The maximum atomic E-state index is 13.6. The van der Waals surface area contributed by atoms with Gasteiger partial charge in [-0.1, -0.05) is 0 Å².